The number of ether oxygens (including phenoxy) is 1. The van der Waals surface area contributed by atoms with Gasteiger partial charge in [-0.25, -0.2) is 4.79 Å². The number of amides is 2. The van der Waals surface area contributed by atoms with Crippen molar-refractivity contribution in [1.82, 2.24) is 5.32 Å². The summed E-state index contributed by atoms with van der Waals surface area (Å²) < 4.78 is 5.21. The fourth-order valence-electron chi connectivity index (χ4n) is 2.74. The zero-order chi connectivity index (χ0) is 21.9. The molecule has 31 heavy (non-hydrogen) atoms. The molecule has 0 aliphatic carbocycles. The minimum Gasteiger partial charge on any atom is -0.444 e. The number of carbonyl (C=O) groups excluding carboxylic acids is 2. The molecule has 3 rings (SSSR count). The van der Waals surface area contributed by atoms with Crippen LogP contribution in [0.25, 0.3) is 0 Å². The molecule has 0 unspecified atom stereocenters. The third-order valence-corrected chi connectivity index (χ3v) is 5.41. The minimum atomic E-state index is -0.498. The summed E-state index contributed by atoms with van der Waals surface area (Å²) in [4.78, 5) is 24.9. The molecule has 4 N–H and O–H groups in total. The Morgan fingerprint density at radius 3 is 2.29 bits per heavy atom. The van der Waals surface area contributed by atoms with Crippen molar-refractivity contribution in [2.24, 2.45) is 0 Å². The van der Waals surface area contributed by atoms with E-state index in [-0.39, 0.29) is 12.5 Å². The predicted octanol–water partition coefficient (Wildman–Crippen LogP) is 4.47. The molecule has 0 spiro atoms. The predicted molar refractivity (Wildman–Crippen MR) is 125 cm³/mol. The number of thioether (sulfide) groups is 1. The highest BCUT2D eigenvalue weighted by atomic mass is 32.2. The third kappa shape index (κ3) is 8.06. The molecule has 0 atom stereocenters. The molecule has 0 fully saturated rings. The number of hydrogen-bond donors (Lipinski definition) is 3. The van der Waals surface area contributed by atoms with Crippen LogP contribution < -0.4 is 16.4 Å². The van der Waals surface area contributed by atoms with Crippen molar-refractivity contribution in [1.29, 1.82) is 0 Å². The average Bonchev–Trinajstić information content (AvgIpc) is 2.79. The van der Waals surface area contributed by atoms with Gasteiger partial charge in [0.25, 0.3) is 0 Å². The first-order valence-electron chi connectivity index (χ1n) is 9.90. The van der Waals surface area contributed by atoms with E-state index in [1.807, 2.05) is 78.9 Å². The lowest BCUT2D eigenvalue weighted by molar-refractivity contribution is -0.118. The lowest BCUT2D eigenvalue weighted by Gasteiger charge is -2.09. The lowest BCUT2D eigenvalue weighted by atomic mass is 10.1. The molecule has 7 heteroatoms. The van der Waals surface area contributed by atoms with Gasteiger partial charge in [0.1, 0.15) is 6.61 Å². The second-order valence-corrected chi connectivity index (χ2v) is 7.89. The van der Waals surface area contributed by atoms with Crippen molar-refractivity contribution in [2.75, 3.05) is 23.3 Å². The number of benzene rings is 3. The van der Waals surface area contributed by atoms with Crippen molar-refractivity contribution < 1.29 is 14.3 Å². The highest BCUT2D eigenvalue weighted by Gasteiger charge is 2.05. The smallest absolute Gasteiger partial charge is 0.411 e. The maximum atomic E-state index is 12.0. The lowest BCUT2D eigenvalue weighted by Crippen LogP contribution is -2.27. The summed E-state index contributed by atoms with van der Waals surface area (Å²) in [6.45, 7) is 0.772. The largest absolute Gasteiger partial charge is 0.444 e. The fraction of sp³-hybridized carbons (Fsp3) is 0.167. The minimum absolute atomic E-state index is 0.0127. The zero-order valence-corrected chi connectivity index (χ0v) is 17.9. The second kappa shape index (κ2) is 11.7. The Morgan fingerprint density at radius 2 is 1.58 bits per heavy atom. The van der Waals surface area contributed by atoms with Crippen LogP contribution >= 0.6 is 11.8 Å². The van der Waals surface area contributed by atoms with Crippen LogP contribution in [0.5, 0.6) is 0 Å². The molecule has 3 aromatic carbocycles. The first-order chi connectivity index (χ1) is 15.1. The topological polar surface area (TPSA) is 93.5 Å². The van der Waals surface area contributed by atoms with Gasteiger partial charge in [0.15, 0.2) is 0 Å². The van der Waals surface area contributed by atoms with E-state index < -0.39 is 6.09 Å². The van der Waals surface area contributed by atoms with Gasteiger partial charge in [0.05, 0.1) is 5.75 Å². The standard InChI is InChI=1S/C24H25N3O3S/c25-20-8-12-22(13-9-20)31-17-23(28)26-15-14-18-6-10-21(11-7-18)27-24(29)30-16-19-4-2-1-3-5-19/h1-13H,14-17,25H2,(H,26,28)(H,27,29). The molecular weight excluding hydrogens is 410 g/mol. The SMILES string of the molecule is Nc1ccc(SCC(=O)NCCc2ccc(NC(=O)OCc3ccccc3)cc2)cc1. The van der Waals surface area contributed by atoms with Gasteiger partial charge in [-0.1, -0.05) is 42.5 Å². The molecule has 0 aliphatic heterocycles. The van der Waals surface area contributed by atoms with Gasteiger partial charge in [-0.15, -0.1) is 11.8 Å². The van der Waals surface area contributed by atoms with Gasteiger partial charge < -0.3 is 15.8 Å². The molecule has 0 aliphatic rings. The number of anilines is 2. The Morgan fingerprint density at radius 1 is 0.871 bits per heavy atom. The van der Waals surface area contributed by atoms with Gasteiger partial charge >= 0.3 is 6.09 Å². The molecule has 0 saturated carbocycles. The molecule has 0 saturated heterocycles. The van der Waals surface area contributed by atoms with Crippen LogP contribution in [0.2, 0.25) is 0 Å². The zero-order valence-electron chi connectivity index (χ0n) is 17.0. The number of hydrogen-bond acceptors (Lipinski definition) is 5. The van der Waals surface area contributed by atoms with Gasteiger partial charge in [-0.05, 0) is 53.9 Å². The van der Waals surface area contributed by atoms with E-state index in [1.54, 1.807) is 0 Å². The van der Waals surface area contributed by atoms with Crippen molar-refractivity contribution in [3.05, 3.63) is 90.0 Å². The summed E-state index contributed by atoms with van der Waals surface area (Å²) in [5, 5.41) is 5.63. The third-order valence-electron chi connectivity index (χ3n) is 4.40. The molecular formula is C24H25N3O3S. The van der Waals surface area contributed by atoms with E-state index in [0.29, 0.717) is 30.1 Å². The molecule has 0 aromatic heterocycles. The summed E-state index contributed by atoms with van der Waals surface area (Å²) in [5.74, 6) is 0.346. The van der Waals surface area contributed by atoms with Crippen molar-refractivity contribution >= 4 is 35.1 Å². The van der Waals surface area contributed by atoms with E-state index >= 15 is 0 Å². The van der Waals surface area contributed by atoms with E-state index in [4.69, 9.17) is 10.5 Å². The molecule has 6 nitrogen and oxygen atoms in total. The van der Waals surface area contributed by atoms with Gasteiger partial charge in [-0.2, -0.15) is 0 Å². The number of carbonyl (C=O) groups is 2. The summed E-state index contributed by atoms with van der Waals surface area (Å²) in [5.41, 5.74) is 9.02. The summed E-state index contributed by atoms with van der Waals surface area (Å²) in [6, 6.07) is 24.4. The molecule has 0 heterocycles. The average molecular weight is 436 g/mol. The maximum Gasteiger partial charge on any atom is 0.411 e. The van der Waals surface area contributed by atoms with E-state index in [1.165, 1.54) is 11.8 Å². The van der Waals surface area contributed by atoms with E-state index in [0.717, 1.165) is 16.0 Å². The van der Waals surface area contributed by atoms with Gasteiger partial charge in [0.2, 0.25) is 5.91 Å². The number of rotatable bonds is 9. The maximum absolute atomic E-state index is 12.0. The van der Waals surface area contributed by atoms with E-state index in [2.05, 4.69) is 10.6 Å². The Labute approximate surface area is 186 Å². The highest BCUT2D eigenvalue weighted by Crippen LogP contribution is 2.18. The Balaban J connectivity index is 1.33. The molecule has 0 bridgehead atoms. The number of nitrogens with two attached hydrogens (primary N) is 1. The normalized spacial score (nSPS) is 10.3. The Kier molecular flexibility index (Phi) is 8.37. The van der Waals surface area contributed by atoms with Crippen molar-refractivity contribution in [3.8, 4) is 0 Å². The second-order valence-electron chi connectivity index (χ2n) is 6.84. The van der Waals surface area contributed by atoms with Crippen LogP contribution in [0.4, 0.5) is 16.2 Å². The number of nitrogens with one attached hydrogen (secondary N) is 2. The van der Waals surface area contributed by atoms with Crippen LogP contribution in [-0.4, -0.2) is 24.3 Å². The molecule has 160 valence electrons. The van der Waals surface area contributed by atoms with Gasteiger partial charge in [-0.3, -0.25) is 10.1 Å². The summed E-state index contributed by atoms with van der Waals surface area (Å²) >= 11 is 1.47. The van der Waals surface area contributed by atoms with Crippen LogP contribution in [0.3, 0.4) is 0 Å². The highest BCUT2D eigenvalue weighted by molar-refractivity contribution is 8.00. The quantitative estimate of drug-likeness (QED) is 0.341. The fourth-order valence-corrected chi connectivity index (χ4v) is 3.47. The Bertz CT molecular complexity index is 977. The summed E-state index contributed by atoms with van der Waals surface area (Å²) in [7, 11) is 0. The van der Waals surface area contributed by atoms with Crippen LogP contribution in [0.1, 0.15) is 11.1 Å². The van der Waals surface area contributed by atoms with Crippen LogP contribution in [-0.2, 0) is 22.6 Å². The van der Waals surface area contributed by atoms with Crippen molar-refractivity contribution in [3.63, 3.8) is 0 Å². The van der Waals surface area contributed by atoms with Gasteiger partial charge in [0, 0.05) is 22.8 Å². The van der Waals surface area contributed by atoms with Crippen LogP contribution in [0.15, 0.2) is 83.8 Å². The summed E-state index contributed by atoms with van der Waals surface area (Å²) in [6.07, 6.45) is 0.208. The number of nitrogen functional groups attached to an aromatic ring is 1. The monoisotopic (exact) mass is 435 g/mol. The molecule has 0 radical (unpaired) electrons. The molecule has 2 amide bonds. The van der Waals surface area contributed by atoms with E-state index in [9.17, 15) is 9.59 Å². The van der Waals surface area contributed by atoms with Crippen molar-refractivity contribution in [2.45, 2.75) is 17.9 Å². The first kappa shape index (κ1) is 22.2. The molecule has 3 aromatic rings. The Hall–Kier alpha value is -3.45. The first-order valence-corrected chi connectivity index (χ1v) is 10.9. The van der Waals surface area contributed by atoms with Crippen LogP contribution in [0, 0.1) is 0 Å².